The molecule has 1 fully saturated rings. The summed E-state index contributed by atoms with van der Waals surface area (Å²) in [6.45, 7) is 7.81. The Morgan fingerprint density at radius 1 is 1.07 bits per heavy atom. The lowest BCUT2D eigenvalue weighted by Crippen LogP contribution is -2.48. The summed E-state index contributed by atoms with van der Waals surface area (Å²) in [7, 11) is 4.20. The maximum Gasteiger partial charge on any atom is 0.222 e. The van der Waals surface area contributed by atoms with Gasteiger partial charge in [-0.1, -0.05) is 11.8 Å². The first-order valence-electron chi connectivity index (χ1n) is 9.42. The molecule has 0 atom stereocenters. The number of pyridine rings is 1. The molecular weight excluding hydrogens is 352 g/mol. The highest BCUT2D eigenvalue weighted by atomic mass is 15.3. The van der Waals surface area contributed by atoms with E-state index in [9.17, 15) is 0 Å². The SMILES string of the molecule is Cc1nc(N)nc(N2CCN(CCN(C)C)CC2)c1C#Cc1ccc(N)nc1. The number of rotatable bonds is 4. The fraction of sp³-hybridized carbons (Fsp3) is 0.450. The summed E-state index contributed by atoms with van der Waals surface area (Å²) < 4.78 is 0. The molecule has 8 heteroatoms. The standard InChI is InChI=1S/C20H28N8/c1-15-17(6-4-16-5-7-18(21)23-14-16)19(25-20(22)24-15)28-12-10-27(11-13-28)9-8-26(2)3/h5,7,14H,8-13H2,1-3H3,(H2,21,23)(H2,22,24,25). The molecule has 8 nitrogen and oxygen atoms in total. The van der Waals surface area contributed by atoms with E-state index in [1.165, 1.54) is 0 Å². The van der Waals surface area contributed by atoms with Crippen molar-refractivity contribution in [1.29, 1.82) is 0 Å². The Hall–Kier alpha value is -2.89. The number of nitrogen functional groups attached to an aromatic ring is 2. The van der Waals surface area contributed by atoms with Crippen LogP contribution in [0.3, 0.4) is 0 Å². The maximum atomic E-state index is 5.93. The summed E-state index contributed by atoms with van der Waals surface area (Å²) >= 11 is 0. The van der Waals surface area contributed by atoms with Crippen molar-refractivity contribution in [3.63, 3.8) is 0 Å². The molecule has 4 N–H and O–H groups in total. The number of likely N-dealkylation sites (N-methyl/N-ethyl adjacent to an activating group) is 1. The largest absolute Gasteiger partial charge is 0.384 e. The molecular formula is C20H28N8. The molecule has 0 bridgehead atoms. The summed E-state index contributed by atoms with van der Waals surface area (Å²) in [6, 6.07) is 3.59. The number of anilines is 3. The fourth-order valence-corrected chi connectivity index (χ4v) is 3.09. The Balaban J connectivity index is 1.79. The predicted molar refractivity (Wildman–Crippen MR) is 113 cm³/mol. The molecule has 148 valence electrons. The molecule has 1 aliphatic heterocycles. The smallest absolute Gasteiger partial charge is 0.222 e. The Morgan fingerprint density at radius 3 is 2.46 bits per heavy atom. The van der Waals surface area contributed by atoms with E-state index in [-0.39, 0.29) is 5.95 Å². The first kappa shape index (κ1) is 19.9. The van der Waals surface area contributed by atoms with E-state index in [0.29, 0.717) is 5.82 Å². The normalized spacial score (nSPS) is 14.8. The van der Waals surface area contributed by atoms with Gasteiger partial charge >= 0.3 is 0 Å². The van der Waals surface area contributed by atoms with E-state index in [1.54, 1.807) is 12.3 Å². The molecule has 0 saturated carbocycles. The molecule has 3 heterocycles. The lowest BCUT2D eigenvalue weighted by atomic mass is 10.1. The molecule has 1 aliphatic rings. The average Bonchev–Trinajstić information content (AvgIpc) is 2.67. The van der Waals surface area contributed by atoms with Crippen LogP contribution in [0.15, 0.2) is 18.3 Å². The summed E-state index contributed by atoms with van der Waals surface area (Å²) in [6.07, 6.45) is 1.67. The molecule has 28 heavy (non-hydrogen) atoms. The lowest BCUT2D eigenvalue weighted by molar-refractivity contribution is 0.229. The van der Waals surface area contributed by atoms with Crippen molar-refractivity contribution in [2.24, 2.45) is 0 Å². The van der Waals surface area contributed by atoms with Crippen LogP contribution in [-0.4, -0.2) is 78.1 Å². The summed E-state index contributed by atoms with van der Waals surface area (Å²) in [5, 5.41) is 0. The second-order valence-electron chi connectivity index (χ2n) is 7.22. The molecule has 2 aromatic rings. The van der Waals surface area contributed by atoms with Crippen molar-refractivity contribution in [2.75, 3.05) is 69.7 Å². The van der Waals surface area contributed by atoms with Gasteiger partial charge in [-0.05, 0) is 33.2 Å². The molecule has 1 saturated heterocycles. The lowest BCUT2D eigenvalue weighted by Gasteiger charge is -2.36. The van der Waals surface area contributed by atoms with Gasteiger partial charge in [0.05, 0.1) is 11.3 Å². The first-order chi connectivity index (χ1) is 13.4. The van der Waals surface area contributed by atoms with Gasteiger partial charge in [0.25, 0.3) is 0 Å². The van der Waals surface area contributed by atoms with E-state index in [1.807, 2.05) is 13.0 Å². The number of nitrogens with zero attached hydrogens (tertiary/aromatic N) is 6. The molecule has 2 aromatic heterocycles. The Bertz CT molecular complexity index is 858. The van der Waals surface area contributed by atoms with E-state index in [4.69, 9.17) is 11.5 Å². The van der Waals surface area contributed by atoms with Gasteiger partial charge in [0.1, 0.15) is 11.6 Å². The van der Waals surface area contributed by atoms with Gasteiger partial charge in [0, 0.05) is 51.0 Å². The third-order valence-corrected chi connectivity index (χ3v) is 4.74. The van der Waals surface area contributed by atoms with Crippen molar-refractivity contribution in [3.05, 3.63) is 35.2 Å². The van der Waals surface area contributed by atoms with Crippen molar-refractivity contribution >= 4 is 17.6 Å². The van der Waals surface area contributed by atoms with Crippen molar-refractivity contribution < 1.29 is 0 Å². The third kappa shape index (κ3) is 5.09. The minimum atomic E-state index is 0.280. The molecule has 3 rings (SSSR count). The molecule has 0 aliphatic carbocycles. The van der Waals surface area contributed by atoms with Crippen molar-refractivity contribution in [3.8, 4) is 11.8 Å². The van der Waals surface area contributed by atoms with Crippen LogP contribution in [-0.2, 0) is 0 Å². The van der Waals surface area contributed by atoms with Gasteiger partial charge in [-0.2, -0.15) is 4.98 Å². The summed E-state index contributed by atoms with van der Waals surface area (Å²) in [5.74, 6) is 7.93. The number of aryl methyl sites for hydroxylation is 1. The van der Waals surface area contributed by atoms with Gasteiger partial charge in [0.15, 0.2) is 0 Å². The van der Waals surface area contributed by atoms with Crippen LogP contribution in [0.2, 0.25) is 0 Å². The number of nitrogens with two attached hydrogens (primary N) is 2. The zero-order valence-electron chi connectivity index (χ0n) is 16.8. The fourth-order valence-electron chi connectivity index (χ4n) is 3.09. The minimum absolute atomic E-state index is 0.280. The summed E-state index contributed by atoms with van der Waals surface area (Å²) in [4.78, 5) is 19.8. The summed E-state index contributed by atoms with van der Waals surface area (Å²) in [5.41, 5.74) is 14.0. The number of hydrogen-bond donors (Lipinski definition) is 2. The molecule has 0 spiro atoms. The predicted octanol–water partition coefficient (Wildman–Crippen LogP) is 0.428. The highest BCUT2D eigenvalue weighted by Gasteiger charge is 2.21. The second kappa shape index (κ2) is 8.87. The second-order valence-corrected chi connectivity index (χ2v) is 7.22. The van der Waals surface area contributed by atoms with Crippen LogP contribution < -0.4 is 16.4 Å². The topological polar surface area (TPSA) is 100 Å². The molecule has 0 radical (unpaired) electrons. The minimum Gasteiger partial charge on any atom is -0.384 e. The van der Waals surface area contributed by atoms with Crippen molar-refractivity contribution in [1.82, 2.24) is 24.8 Å². The monoisotopic (exact) mass is 380 g/mol. The van der Waals surface area contributed by atoms with Crippen LogP contribution >= 0.6 is 0 Å². The van der Waals surface area contributed by atoms with E-state index < -0.39 is 0 Å². The molecule has 0 aromatic carbocycles. The van der Waals surface area contributed by atoms with Gasteiger partial charge in [0.2, 0.25) is 5.95 Å². The van der Waals surface area contributed by atoms with Crippen LogP contribution in [0.4, 0.5) is 17.6 Å². The molecule has 0 unspecified atom stereocenters. The number of aromatic nitrogens is 3. The van der Waals surface area contributed by atoms with Crippen LogP contribution in [0.25, 0.3) is 0 Å². The highest BCUT2D eigenvalue weighted by molar-refractivity contribution is 5.61. The third-order valence-electron chi connectivity index (χ3n) is 4.74. The van der Waals surface area contributed by atoms with Crippen molar-refractivity contribution in [2.45, 2.75) is 6.92 Å². The van der Waals surface area contributed by atoms with Gasteiger partial charge in [-0.3, -0.25) is 4.90 Å². The van der Waals surface area contributed by atoms with Gasteiger partial charge in [-0.25, -0.2) is 9.97 Å². The van der Waals surface area contributed by atoms with Crippen LogP contribution in [0.1, 0.15) is 16.8 Å². The van der Waals surface area contributed by atoms with E-state index in [2.05, 4.69) is 55.6 Å². The quantitative estimate of drug-likeness (QED) is 0.737. The number of piperazine rings is 1. The average molecular weight is 381 g/mol. The Morgan fingerprint density at radius 2 is 1.82 bits per heavy atom. The van der Waals surface area contributed by atoms with E-state index >= 15 is 0 Å². The van der Waals surface area contributed by atoms with Gasteiger partial charge in [-0.15, -0.1) is 0 Å². The zero-order chi connectivity index (χ0) is 20.1. The Labute approximate surface area is 166 Å². The van der Waals surface area contributed by atoms with E-state index in [0.717, 1.165) is 61.9 Å². The highest BCUT2D eigenvalue weighted by Crippen LogP contribution is 2.22. The Kier molecular flexibility index (Phi) is 6.29. The maximum absolute atomic E-state index is 5.93. The van der Waals surface area contributed by atoms with Crippen LogP contribution in [0.5, 0.6) is 0 Å². The molecule has 0 amide bonds. The number of hydrogen-bond acceptors (Lipinski definition) is 8. The first-order valence-corrected chi connectivity index (χ1v) is 9.42. The van der Waals surface area contributed by atoms with Gasteiger partial charge < -0.3 is 21.3 Å². The van der Waals surface area contributed by atoms with Crippen LogP contribution in [0, 0.1) is 18.8 Å². The zero-order valence-corrected chi connectivity index (χ0v) is 16.8.